The summed E-state index contributed by atoms with van der Waals surface area (Å²) in [5.41, 5.74) is 6.87. The maximum atomic E-state index is 11.6. The Kier molecular flexibility index (Phi) is 3.35. The Morgan fingerprint density at radius 3 is 2.73 bits per heavy atom. The van der Waals surface area contributed by atoms with Crippen molar-refractivity contribution in [3.05, 3.63) is 23.8 Å². The summed E-state index contributed by atoms with van der Waals surface area (Å²) >= 11 is 0. The summed E-state index contributed by atoms with van der Waals surface area (Å²) in [6.07, 6.45) is 4.97. The number of aryl methyl sites for hydroxylation is 1. The van der Waals surface area contributed by atoms with E-state index >= 15 is 0 Å². The van der Waals surface area contributed by atoms with Gasteiger partial charge in [0.2, 0.25) is 10.0 Å². The number of nitrogens with two attached hydrogens (primary N) is 1. The first-order valence-electron chi connectivity index (χ1n) is 4.26. The lowest BCUT2D eigenvalue weighted by molar-refractivity contribution is 0.586. The van der Waals surface area contributed by atoms with Crippen molar-refractivity contribution in [1.82, 2.24) is 4.72 Å². The number of rotatable bonds is 3. The molecule has 0 fully saturated rings. The van der Waals surface area contributed by atoms with Crippen LogP contribution >= 0.6 is 0 Å². The fourth-order valence-electron chi connectivity index (χ4n) is 1.04. The van der Waals surface area contributed by atoms with Crippen LogP contribution in [0.25, 0.3) is 0 Å². The van der Waals surface area contributed by atoms with Gasteiger partial charge in [0.15, 0.2) is 0 Å². The molecule has 3 N–H and O–H groups in total. The molecule has 1 rings (SSSR count). The van der Waals surface area contributed by atoms with Gasteiger partial charge in [0, 0.05) is 5.69 Å². The second-order valence-corrected chi connectivity index (χ2v) is 4.81. The molecule has 0 saturated heterocycles. The van der Waals surface area contributed by atoms with Crippen molar-refractivity contribution in [3.63, 3.8) is 0 Å². The van der Waals surface area contributed by atoms with Crippen LogP contribution in [0.4, 0.5) is 5.69 Å². The molecule has 4 nitrogen and oxygen atoms in total. The number of nitrogen functional groups attached to an aromatic ring is 1. The minimum atomic E-state index is -3.51. The maximum absolute atomic E-state index is 11.6. The number of hydrogen-bond donors (Lipinski definition) is 2. The minimum Gasteiger partial charge on any atom is -0.399 e. The number of hydrogen-bond acceptors (Lipinski definition) is 3. The zero-order chi connectivity index (χ0) is 11.5. The van der Waals surface area contributed by atoms with Gasteiger partial charge in [-0.3, -0.25) is 0 Å². The van der Waals surface area contributed by atoms with Crippen LogP contribution < -0.4 is 10.5 Å². The van der Waals surface area contributed by atoms with Crippen molar-refractivity contribution in [2.24, 2.45) is 0 Å². The van der Waals surface area contributed by atoms with E-state index in [1.807, 2.05) is 0 Å². The van der Waals surface area contributed by atoms with E-state index in [0.717, 1.165) is 5.56 Å². The first-order chi connectivity index (χ1) is 6.97. The van der Waals surface area contributed by atoms with Crippen molar-refractivity contribution in [2.75, 3.05) is 12.3 Å². The van der Waals surface area contributed by atoms with Gasteiger partial charge < -0.3 is 5.73 Å². The fraction of sp³-hybridized carbons (Fsp3) is 0.200. The molecule has 0 bridgehead atoms. The number of benzene rings is 1. The van der Waals surface area contributed by atoms with Crippen LogP contribution in [0.15, 0.2) is 23.1 Å². The standard InChI is InChI=1S/C10H12N2O2S/c1-3-6-12-15(13,14)9-4-5-10(11)8(2)7-9/h1,4-5,7,12H,6,11H2,2H3. The first kappa shape index (κ1) is 11.6. The van der Waals surface area contributed by atoms with Gasteiger partial charge in [0.1, 0.15) is 0 Å². The van der Waals surface area contributed by atoms with Crippen LogP contribution in [0.1, 0.15) is 5.56 Å². The summed E-state index contributed by atoms with van der Waals surface area (Å²) in [4.78, 5) is 0.171. The molecule has 0 aromatic heterocycles. The summed E-state index contributed by atoms with van der Waals surface area (Å²) in [5, 5.41) is 0. The Hall–Kier alpha value is -1.51. The highest BCUT2D eigenvalue weighted by Crippen LogP contribution is 2.16. The molecule has 0 spiro atoms. The number of nitrogens with one attached hydrogen (secondary N) is 1. The lowest BCUT2D eigenvalue weighted by Gasteiger charge is -2.06. The third-order valence-corrected chi connectivity index (χ3v) is 3.31. The molecule has 80 valence electrons. The zero-order valence-electron chi connectivity index (χ0n) is 8.32. The molecule has 15 heavy (non-hydrogen) atoms. The Labute approximate surface area is 89.5 Å². The number of anilines is 1. The summed E-state index contributed by atoms with van der Waals surface area (Å²) in [6, 6.07) is 4.51. The Morgan fingerprint density at radius 2 is 2.20 bits per heavy atom. The van der Waals surface area contributed by atoms with Crippen molar-refractivity contribution in [1.29, 1.82) is 0 Å². The van der Waals surface area contributed by atoms with E-state index in [4.69, 9.17) is 12.2 Å². The molecule has 0 saturated carbocycles. The van der Waals surface area contributed by atoms with Crippen molar-refractivity contribution in [2.45, 2.75) is 11.8 Å². The smallest absolute Gasteiger partial charge is 0.241 e. The molecule has 0 unspecified atom stereocenters. The van der Waals surface area contributed by atoms with E-state index in [9.17, 15) is 8.42 Å². The highest BCUT2D eigenvalue weighted by Gasteiger charge is 2.13. The summed E-state index contributed by atoms with van der Waals surface area (Å²) in [7, 11) is -3.51. The average Bonchev–Trinajstić information content (AvgIpc) is 2.19. The van der Waals surface area contributed by atoms with Gasteiger partial charge in [-0.15, -0.1) is 6.42 Å². The predicted octanol–water partition coefficient (Wildman–Crippen LogP) is 0.489. The van der Waals surface area contributed by atoms with Gasteiger partial charge in [0.05, 0.1) is 11.4 Å². The Bertz CT molecular complexity index is 501. The largest absolute Gasteiger partial charge is 0.399 e. The topological polar surface area (TPSA) is 72.2 Å². The molecule has 5 heteroatoms. The monoisotopic (exact) mass is 224 g/mol. The molecular weight excluding hydrogens is 212 g/mol. The number of sulfonamides is 1. The summed E-state index contributed by atoms with van der Waals surface area (Å²) in [6.45, 7) is 1.72. The molecular formula is C10H12N2O2S. The van der Waals surface area contributed by atoms with E-state index in [0.29, 0.717) is 5.69 Å². The van der Waals surface area contributed by atoms with E-state index in [-0.39, 0.29) is 11.4 Å². The highest BCUT2D eigenvalue weighted by molar-refractivity contribution is 7.89. The fourth-order valence-corrected chi connectivity index (χ4v) is 2.05. The van der Waals surface area contributed by atoms with Crippen LogP contribution in [0, 0.1) is 19.3 Å². The zero-order valence-corrected chi connectivity index (χ0v) is 9.14. The third-order valence-electron chi connectivity index (χ3n) is 1.92. The molecule has 0 amide bonds. The van der Waals surface area contributed by atoms with Crippen LogP contribution in [-0.2, 0) is 10.0 Å². The van der Waals surface area contributed by atoms with Crippen molar-refractivity contribution < 1.29 is 8.42 Å². The molecule has 0 aliphatic heterocycles. The quantitative estimate of drug-likeness (QED) is 0.579. The van der Waals surface area contributed by atoms with E-state index in [1.165, 1.54) is 12.1 Å². The maximum Gasteiger partial charge on any atom is 0.241 e. The SMILES string of the molecule is C#CCNS(=O)(=O)c1ccc(N)c(C)c1. The lowest BCUT2D eigenvalue weighted by atomic mass is 10.2. The van der Waals surface area contributed by atoms with Crippen molar-refractivity contribution >= 4 is 15.7 Å². The summed E-state index contributed by atoms with van der Waals surface area (Å²) in [5.74, 6) is 2.20. The van der Waals surface area contributed by atoms with Gasteiger partial charge in [0.25, 0.3) is 0 Å². The molecule has 0 radical (unpaired) electrons. The van der Waals surface area contributed by atoms with Gasteiger partial charge in [-0.2, -0.15) is 4.72 Å². The predicted molar refractivity (Wildman–Crippen MR) is 59.6 cm³/mol. The van der Waals surface area contributed by atoms with Crippen LogP contribution in [0.2, 0.25) is 0 Å². The molecule has 0 aliphatic rings. The van der Waals surface area contributed by atoms with E-state index in [2.05, 4.69) is 10.6 Å². The molecule has 1 aromatic carbocycles. The first-order valence-corrected chi connectivity index (χ1v) is 5.75. The minimum absolute atomic E-state index is 0.0221. The van der Waals surface area contributed by atoms with E-state index in [1.54, 1.807) is 13.0 Å². The second-order valence-electron chi connectivity index (χ2n) is 3.05. The van der Waals surface area contributed by atoms with E-state index < -0.39 is 10.0 Å². The molecule has 0 heterocycles. The van der Waals surface area contributed by atoms with Gasteiger partial charge >= 0.3 is 0 Å². The van der Waals surface area contributed by atoms with Gasteiger partial charge in [-0.25, -0.2) is 8.42 Å². The Morgan fingerprint density at radius 1 is 1.53 bits per heavy atom. The third kappa shape index (κ3) is 2.72. The summed E-state index contributed by atoms with van der Waals surface area (Å²) < 4.78 is 25.5. The van der Waals surface area contributed by atoms with Gasteiger partial charge in [-0.1, -0.05) is 5.92 Å². The average molecular weight is 224 g/mol. The highest BCUT2D eigenvalue weighted by atomic mass is 32.2. The van der Waals surface area contributed by atoms with Crippen LogP contribution in [0.3, 0.4) is 0 Å². The van der Waals surface area contributed by atoms with Gasteiger partial charge in [-0.05, 0) is 30.7 Å². The van der Waals surface area contributed by atoms with Crippen LogP contribution in [-0.4, -0.2) is 15.0 Å². The second kappa shape index (κ2) is 4.34. The number of terminal acetylenes is 1. The van der Waals surface area contributed by atoms with Crippen LogP contribution in [0.5, 0.6) is 0 Å². The normalized spacial score (nSPS) is 10.9. The molecule has 0 atom stereocenters. The lowest BCUT2D eigenvalue weighted by Crippen LogP contribution is -2.24. The molecule has 0 aliphatic carbocycles. The Balaban J connectivity index is 3.07. The molecule has 1 aromatic rings. The van der Waals surface area contributed by atoms with Crippen molar-refractivity contribution in [3.8, 4) is 12.3 Å².